The minimum atomic E-state index is 0.808. The predicted octanol–water partition coefficient (Wildman–Crippen LogP) is 2.63. The standard InChI is InChI=1S/C14H28N2/c1-2-4-12-5-3-9-16(10-8-12)14-7-6-13(14)11-15/h12-14H,2-11,15H2,1H3. The van der Waals surface area contributed by atoms with Crippen LogP contribution in [0.15, 0.2) is 0 Å². The average Bonchev–Trinajstić information content (AvgIpc) is 2.44. The zero-order chi connectivity index (χ0) is 11.4. The van der Waals surface area contributed by atoms with Crippen LogP contribution in [0, 0.1) is 11.8 Å². The highest BCUT2D eigenvalue weighted by atomic mass is 15.2. The van der Waals surface area contributed by atoms with Crippen molar-refractivity contribution < 1.29 is 0 Å². The van der Waals surface area contributed by atoms with Gasteiger partial charge in [-0.2, -0.15) is 0 Å². The van der Waals surface area contributed by atoms with Gasteiger partial charge in [0, 0.05) is 6.04 Å². The van der Waals surface area contributed by atoms with Gasteiger partial charge in [0.25, 0.3) is 0 Å². The fourth-order valence-electron chi connectivity index (χ4n) is 3.52. The first kappa shape index (κ1) is 12.4. The Hall–Kier alpha value is -0.0800. The molecular formula is C14H28N2. The predicted molar refractivity (Wildman–Crippen MR) is 69.4 cm³/mol. The molecule has 94 valence electrons. The van der Waals surface area contributed by atoms with Gasteiger partial charge in [-0.1, -0.05) is 19.8 Å². The average molecular weight is 224 g/mol. The monoisotopic (exact) mass is 224 g/mol. The van der Waals surface area contributed by atoms with Crippen LogP contribution >= 0.6 is 0 Å². The van der Waals surface area contributed by atoms with Crippen LogP contribution in [0.5, 0.6) is 0 Å². The van der Waals surface area contributed by atoms with E-state index >= 15 is 0 Å². The van der Waals surface area contributed by atoms with Crippen LogP contribution in [0.2, 0.25) is 0 Å². The molecule has 0 aromatic heterocycles. The molecule has 2 nitrogen and oxygen atoms in total. The maximum atomic E-state index is 5.82. The van der Waals surface area contributed by atoms with Crippen molar-refractivity contribution in [3.8, 4) is 0 Å². The van der Waals surface area contributed by atoms with Gasteiger partial charge in [-0.25, -0.2) is 0 Å². The van der Waals surface area contributed by atoms with Crippen molar-refractivity contribution in [2.24, 2.45) is 17.6 Å². The van der Waals surface area contributed by atoms with Crippen LogP contribution in [0.4, 0.5) is 0 Å². The van der Waals surface area contributed by atoms with Gasteiger partial charge in [0.2, 0.25) is 0 Å². The number of nitrogens with zero attached hydrogens (tertiary/aromatic N) is 1. The summed E-state index contributed by atoms with van der Waals surface area (Å²) in [6, 6.07) is 0.838. The second kappa shape index (κ2) is 6.02. The molecule has 2 aliphatic rings. The Labute approximate surface area is 101 Å². The number of hydrogen-bond acceptors (Lipinski definition) is 2. The van der Waals surface area contributed by atoms with E-state index in [2.05, 4.69) is 11.8 Å². The smallest absolute Gasteiger partial charge is 0.0136 e. The lowest BCUT2D eigenvalue weighted by Gasteiger charge is -2.43. The summed E-state index contributed by atoms with van der Waals surface area (Å²) in [7, 11) is 0. The molecular weight excluding hydrogens is 196 g/mol. The minimum Gasteiger partial charge on any atom is -0.330 e. The summed E-state index contributed by atoms with van der Waals surface area (Å²) < 4.78 is 0. The zero-order valence-electron chi connectivity index (χ0n) is 10.8. The van der Waals surface area contributed by atoms with Crippen molar-refractivity contribution in [2.45, 2.75) is 57.9 Å². The lowest BCUT2D eigenvalue weighted by molar-refractivity contribution is 0.0687. The minimum absolute atomic E-state index is 0.808. The van der Waals surface area contributed by atoms with Crippen LogP contribution in [0.3, 0.4) is 0 Å². The Morgan fingerprint density at radius 2 is 2.00 bits per heavy atom. The van der Waals surface area contributed by atoms with E-state index < -0.39 is 0 Å². The van der Waals surface area contributed by atoms with E-state index in [4.69, 9.17) is 5.73 Å². The maximum absolute atomic E-state index is 5.82. The highest BCUT2D eigenvalue weighted by molar-refractivity contribution is 4.90. The van der Waals surface area contributed by atoms with E-state index in [1.54, 1.807) is 0 Å². The molecule has 1 saturated carbocycles. The molecule has 1 aliphatic heterocycles. The molecule has 1 heterocycles. The highest BCUT2D eigenvalue weighted by Crippen LogP contribution is 2.33. The summed E-state index contributed by atoms with van der Waals surface area (Å²) >= 11 is 0. The zero-order valence-corrected chi connectivity index (χ0v) is 10.8. The van der Waals surface area contributed by atoms with E-state index in [-0.39, 0.29) is 0 Å². The first-order chi connectivity index (χ1) is 7.85. The molecule has 2 N–H and O–H groups in total. The van der Waals surface area contributed by atoms with Crippen molar-refractivity contribution >= 4 is 0 Å². The van der Waals surface area contributed by atoms with Gasteiger partial charge >= 0.3 is 0 Å². The normalized spacial score (nSPS) is 36.8. The SMILES string of the molecule is CCCC1CCCN(C2CCC2CN)CC1. The van der Waals surface area contributed by atoms with Crippen molar-refractivity contribution in [2.75, 3.05) is 19.6 Å². The Bertz CT molecular complexity index is 203. The quantitative estimate of drug-likeness (QED) is 0.795. The first-order valence-corrected chi connectivity index (χ1v) is 7.29. The molecule has 0 aromatic carbocycles. The van der Waals surface area contributed by atoms with Gasteiger partial charge < -0.3 is 10.6 Å². The molecule has 2 rings (SSSR count). The van der Waals surface area contributed by atoms with Gasteiger partial charge in [0.05, 0.1) is 0 Å². The van der Waals surface area contributed by atoms with Crippen molar-refractivity contribution in [3.05, 3.63) is 0 Å². The summed E-state index contributed by atoms with van der Waals surface area (Å²) in [5, 5.41) is 0. The molecule has 16 heavy (non-hydrogen) atoms. The number of hydrogen-bond donors (Lipinski definition) is 1. The first-order valence-electron chi connectivity index (χ1n) is 7.29. The topological polar surface area (TPSA) is 29.3 Å². The molecule has 2 fully saturated rings. The summed E-state index contributed by atoms with van der Waals surface area (Å²) in [5.74, 6) is 1.81. The molecule has 2 heteroatoms. The molecule has 3 unspecified atom stereocenters. The molecule has 3 atom stereocenters. The Balaban J connectivity index is 1.79. The van der Waals surface area contributed by atoms with E-state index in [1.807, 2.05) is 0 Å². The third kappa shape index (κ3) is 2.78. The van der Waals surface area contributed by atoms with Gasteiger partial charge in [-0.3, -0.25) is 0 Å². The highest BCUT2D eigenvalue weighted by Gasteiger charge is 2.34. The van der Waals surface area contributed by atoms with Crippen molar-refractivity contribution in [1.29, 1.82) is 0 Å². The molecule has 0 bridgehead atoms. The van der Waals surface area contributed by atoms with Crippen molar-refractivity contribution in [1.82, 2.24) is 4.90 Å². The second-order valence-corrected chi connectivity index (χ2v) is 5.76. The molecule has 0 spiro atoms. The van der Waals surface area contributed by atoms with Crippen molar-refractivity contribution in [3.63, 3.8) is 0 Å². The van der Waals surface area contributed by atoms with Gasteiger partial charge in [-0.05, 0) is 63.6 Å². The van der Waals surface area contributed by atoms with Gasteiger partial charge in [0.15, 0.2) is 0 Å². The lowest BCUT2D eigenvalue weighted by Crippen LogP contribution is -2.50. The molecule has 0 aromatic rings. The van der Waals surface area contributed by atoms with E-state index in [1.165, 1.54) is 58.0 Å². The van der Waals surface area contributed by atoms with Gasteiger partial charge in [0.1, 0.15) is 0 Å². The Morgan fingerprint density at radius 3 is 2.62 bits per heavy atom. The van der Waals surface area contributed by atoms with Crippen LogP contribution in [0.1, 0.15) is 51.9 Å². The molecule has 1 saturated heterocycles. The third-order valence-corrected chi connectivity index (χ3v) is 4.73. The number of likely N-dealkylation sites (tertiary alicyclic amines) is 1. The molecule has 0 radical (unpaired) electrons. The van der Waals surface area contributed by atoms with Crippen LogP contribution < -0.4 is 5.73 Å². The summed E-state index contributed by atoms with van der Waals surface area (Å²) in [6.45, 7) is 5.89. The maximum Gasteiger partial charge on any atom is 0.0136 e. The second-order valence-electron chi connectivity index (χ2n) is 5.76. The van der Waals surface area contributed by atoms with Gasteiger partial charge in [-0.15, -0.1) is 0 Å². The molecule has 1 aliphatic carbocycles. The number of nitrogens with two attached hydrogens (primary N) is 1. The van der Waals surface area contributed by atoms with E-state index in [0.717, 1.165) is 24.4 Å². The van der Waals surface area contributed by atoms with Crippen LogP contribution in [-0.2, 0) is 0 Å². The third-order valence-electron chi connectivity index (χ3n) is 4.73. The lowest BCUT2D eigenvalue weighted by atomic mass is 9.78. The van der Waals surface area contributed by atoms with E-state index in [9.17, 15) is 0 Å². The Morgan fingerprint density at radius 1 is 1.12 bits per heavy atom. The van der Waals surface area contributed by atoms with E-state index in [0.29, 0.717) is 0 Å². The van der Waals surface area contributed by atoms with Crippen LogP contribution in [-0.4, -0.2) is 30.6 Å². The fourth-order valence-corrected chi connectivity index (χ4v) is 3.52. The molecule has 0 amide bonds. The summed E-state index contributed by atoms with van der Waals surface area (Å²) in [4.78, 5) is 2.75. The fraction of sp³-hybridized carbons (Fsp3) is 1.00. The summed E-state index contributed by atoms with van der Waals surface area (Å²) in [5.41, 5.74) is 5.82. The Kier molecular flexibility index (Phi) is 4.66. The largest absolute Gasteiger partial charge is 0.330 e. The number of rotatable bonds is 4. The summed E-state index contributed by atoms with van der Waals surface area (Å²) in [6.07, 6.45) is 9.89. The van der Waals surface area contributed by atoms with Crippen LogP contribution in [0.25, 0.3) is 0 Å².